The van der Waals surface area contributed by atoms with Gasteiger partial charge in [-0.1, -0.05) is 0 Å². The largest absolute Gasteiger partial charge is 0.491 e. The molecule has 13 heteroatoms. The first-order valence-electron chi connectivity index (χ1n) is 14.8. The third-order valence-corrected chi connectivity index (χ3v) is 5.38. The number of ketones is 1. The molecule has 250 valence electrons. The summed E-state index contributed by atoms with van der Waals surface area (Å²) in [5.74, 6) is 0.291. The van der Waals surface area contributed by atoms with Crippen molar-refractivity contribution in [3.63, 3.8) is 0 Å². The minimum Gasteiger partial charge on any atom is -0.491 e. The van der Waals surface area contributed by atoms with Crippen molar-refractivity contribution in [1.82, 2.24) is 0 Å². The van der Waals surface area contributed by atoms with Gasteiger partial charge in [0, 0.05) is 5.56 Å². The molecule has 0 spiro atoms. The Labute approximate surface area is 255 Å². The molecule has 0 unspecified atom stereocenters. The van der Waals surface area contributed by atoms with Crippen LogP contribution in [0, 0.1) is 0 Å². The zero-order chi connectivity index (χ0) is 31.3. The number of ether oxygens (including phenoxy) is 10. The Bertz CT molecular complexity index is 755. The van der Waals surface area contributed by atoms with Crippen molar-refractivity contribution in [3.8, 4) is 5.75 Å². The average Bonchev–Trinajstić information content (AvgIpc) is 2.99. The van der Waals surface area contributed by atoms with E-state index in [0.29, 0.717) is 137 Å². The number of rotatable bonds is 32. The number of benzene rings is 1. The number of hydrogen-bond donors (Lipinski definition) is 2. The number of aliphatic hydroxyl groups is 2. The van der Waals surface area contributed by atoms with Gasteiger partial charge >= 0.3 is 0 Å². The fraction of sp³-hybridized carbons (Fsp3) is 0.767. The summed E-state index contributed by atoms with van der Waals surface area (Å²) in [4.78, 5) is 12.0. The van der Waals surface area contributed by atoms with Crippen LogP contribution in [-0.4, -0.2) is 154 Å². The second-order valence-corrected chi connectivity index (χ2v) is 9.50. The molecule has 2 N–H and O–H groups in total. The molecule has 1 aromatic rings. The van der Waals surface area contributed by atoms with E-state index in [1.807, 2.05) is 0 Å². The molecule has 1 aromatic carbocycles. The van der Waals surface area contributed by atoms with Gasteiger partial charge in [0.2, 0.25) is 0 Å². The molecule has 0 bridgehead atoms. The van der Waals surface area contributed by atoms with E-state index in [-0.39, 0.29) is 12.4 Å². The monoisotopic (exact) mass is 620 g/mol. The highest BCUT2D eigenvalue weighted by Crippen LogP contribution is 2.17. The molecule has 0 saturated carbocycles. The Morgan fingerprint density at radius 2 is 0.791 bits per heavy atom. The Hall–Kier alpha value is -1.75. The number of carbonyl (C=O) groups is 1. The first kappa shape index (κ1) is 39.3. The lowest BCUT2D eigenvalue weighted by atomic mass is 9.97. The maximum atomic E-state index is 12.0. The van der Waals surface area contributed by atoms with Crippen LogP contribution in [0.25, 0.3) is 0 Å². The highest BCUT2D eigenvalue weighted by molar-refractivity contribution is 6.01. The third kappa shape index (κ3) is 24.3. The number of hydrogen-bond acceptors (Lipinski definition) is 13. The fourth-order valence-electron chi connectivity index (χ4n) is 3.20. The van der Waals surface area contributed by atoms with Crippen molar-refractivity contribution in [3.05, 3.63) is 29.8 Å². The van der Waals surface area contributed by atoms with Gasteiger partial charge in [-0.15, -0.1) is 0 Å². The van der Waals surface area contributed by atoms with E-state index >= 15 is 0 Å². The van der Waals surface area contributed by atoms with Crippen molar-refractivity contribution in [2.24, 2.45) is 0 Å². The zero-order valence-electron chi connectivity index (χ0n) is 25.8. The van der Waals surface area contributed by atoms with E-state index in [1.165, 1.54) is 13.8 Å². The highest BCUT2D eigenvalue weighted by Gasteiger charge is 2.24. The van der Waals surface area contributed by atoms with E-state index in [4.69, 9.17) is 52.5 Å². The van der Waals surface area contributed by atoms with Gasteiger partial charge in [-0.05, 0) is 38.1 Å². The van der Waals surface area contributed by atoms with Crippen LogP contribution in [0.4, 0.5) is 0 Å². The van der Waals surface area contributed by atoms with E-state index in [0.717, 1.165) is 0 Å². The maximum Gasteiger partial charge on any atom is 0.193 e. The molecule has 0 radical (unpaired) electrons. The van der Waals surface area contributed by atoms with Crippen molar-refractivity contribution in [2.45, 2.75) is 19.4 Å². The summed E-state index contributed by atoms with van der Waals surface area (Å²) >= 11 is 0. The quantitative estimate of drug-likeness (QED) is 0.0877. The van der Waals surface area contributed by atoms with Crippen molar-refractivity contribution in [2.75, 3.05) is 132 Å². The average molecular weight is 621 g/mol. The lowest BCUT2D eigenvalue weighted by molar-refractivity contribution is -0.0258. The lowest BCUT2D eigenvalue weighted by Gasteiger charge is -2.15. The summed E-state index contributed by atoms with van der Waals surface area (Å²) in [6.45, 7) is 11.8. The molecule has 0 aromatic heterocycles. The molecule has 1 rings (SSSR count). The summed E-state index contributed by atoms with van der Waals surface area (Å²) < 4.78 is 54.1. The van der Waals surface area contributed by atoms with Crippen molar-refractivity contribution < 1.29 is 62.4 Å². The number of Topliss-reactive ketones (excluding diaryl/α,β-unsaturated/α-hetero) is 1. The Morgan fingerprint density at radius 1 is 0.512 bits per heavy atom. The topological polar surface area (TPSA) is 150 Å². The predicted octanol–water partition coefficient (Wildman–Crippen LogP) is 1.16. The summed E-state index contributed by atoms with van der Waals surface area (Å²) in [5, 5.41) is 18.4. The highest BCUT2D eigenvalue weighted by atomic mass is 16.6. The van der Waals surface area contributed by atoms with Crippen LogP contribution in [0.15, 0.2) is 24.3 Å². The second-order valence-electron chi connectivity index (χ2n) is 9.50. The van der Waals surface area contributed by atoms with Crippen molar-refractivity contribution >= 4 is 5.78 Å². The molecule has 0 aliphatic carbocycles. The smallest absolute Gasteiger partial charge is 0.193 e. The molecule has 0 atom stereocenters. The van der Waals surface area contributed by atoms with Gasteiger partial charge in [-0.3, -0.25) is 4.79 Å². The maximum absolute atomic E-state index is 12.0. The SMILES string of the molecule is CC(C)(O)C(=O)c1ccc(OCCOCCOCCOCCOCCOCCOCCOCCOCCOCCO)cc1. The first-order chi connectivity index (χ1) is 20.9. The summed E-state index contributed by atoms with van der Waals surface area (Å²) in [6.07, 6.45) is 0. The van der Waals surface area contributed by atoms with Gasteiger partial charge in [-0.25, -0.2) is 0 Å². The van der Waals surface area contributed by atoms with E-state index < -0.39 is 5.60 Å². The van der Waals surface area contributed by atoms with Crippen LogP contribution >= 0.6 is 0 Å². The zero-order valence-corrected chi connectivity index (χ0v) is 25.8. The molecular weight excluding hydrogens is 568 g/mol. The van der Waals surface area contributed by atoms with Crippen LogP contribution in [0.5, 0.6) is 5.75 Å². The third-order valence-electron chi connectivity index (χ3n) is 5.38. The van der Waals surface area contributed by atoms with Crippen LogP contribution in [0.3, 0.4) is 0 Å². The molecule has 0 heterocycles. The molecule has 0 fully saturated rings. The molecule has 0 aliphatic rings. The van der Waals surface area contributed by atoms with Crippen LogP contribution in [0.1, 0.15) is 24.2 Å². The van der Waals surface area contributed by atoms with Crippen LogP contribution in [0.2, 0.25) is 0 Å². The van der Waals surface area contributed by atoms with E-state index in [9.17, 15) is 9.90 Å². The Morgan fingerprint density at radius 3 is 1.07 bits per heavy atom. The van der Waals surface area contributed by atoms with Gasteiger partial charge < -0.3 is 57.6 Å². The number of carbonyl (C=O) groups excluding carboxylic acids is 1. The Balaban J connectivity index is 1.73. The van der Waals surface area contributed by atoms with Gasteiger partial charge in [0.15, 0.2) is 5.78 Å². The molecule has 0 aliphatic heterocycles. The molecular formula is C30H52O13. The summed E-state index contributed by atoms with van der Waals surface area (Å²) in [7, 11) is 0. The van der Waals surface area contributed by atoms with Gasteiger partial charge in [0.05, 0.1) is 126 Å². The summed E-state index contributed by atoms with van der Waals surface area (Å²) in [5.41, 5.74) is -0.967. The first-order valence-corrected chi connectivity index (χ1v) is 14.8. The molecule has 0 amide bonds. The molecule has 43 heavy (non-hydrogen) atoms. The van der Waals surface area contributed by atoms with Gasteiger partial charge in [0.25, 0.3) is 0 Å². The van der Waals surface area contributed by atoms with Gasteiger partial charge in [-0.2, -0.15) is 0 Å². The standard InChI is InChI=1S/C30H52O13/c1-30(2,33)29(32)27-3-5-28(6-4-27)43-26-25-42-24-23-41-22-21-40-20-19-39-18-17-38-16-15-37-14-13-36-12-11-35-10-9-34-8-7-31/h3-6,31,33H,7-26H2,1-2H3. The van der Waals surface area contributed by atoms with Crippen LogP contribution < -0.4 is 4.74 Å². The fourth-order valence-corrected chi connectivity index (χ4v) is 3.20. The summed E-state index contributed by atoms with van der Waals surface area (Å²) in [6, 6.07) is 6.65. The minimum atomic E-state index is -1.40. The van der Waals surface area contributed by atoms with Gasteiger partial charge in [0.1, 0.15) is 18.0 Å². The second kappa shape index (κ2) is 27.8. The number of aliphatic hydroxyl groups excluding tert-OH is 1. The van der Waals surface area contributed by atoms with Crippen molar-refractivity contribution in [1.29, 1.82) is 0 Å². The lowest BCUT2D eigenvalue weighted by Crippen LogP contribution is -2.30. The molecule has 13 nitrogen and oxygen atoms in total. The van der Waals surface area contributed by atoms with E-state index in [2.05, 4.69) is 0 Å². The molecule has 0 saturated heterocycles. The minimum absolute atomic E-state index is 0.0202. The Kier molecular flexibility index (Phi) is 25.4. The normalized spacial score (nSPS) is 11.7. The predicted molar refractivity (Wildman–Crippen MR) is 157 cm³/mol. The van der Waals surface area contributed by atoms with E-state index in [1.54, 1.807) is 24.3 Å². The van der Waals surface area contributed by atoms with Crippen LogP contribution in [-0.2, 0) is 42.6 Å².